The molecule has 0 nitrogen and oxygen atoms in total. The lowest BCUT2D eigenvalue weighted by Crippen LogP contribution is -2.26. The zero-order valence-electron chi connectivity index (χ0n) is 7.79. The summed E-state index contributed by atoms with van der Waals surface area (Å²) in [5, 5.41) is 0. The van der Waals surface area contributed by atoms with Gasteiger partial charge in [0.05, 0.1) is 4.08 Å². The molecule has 2 heterocycles. The fraction of sp³-hybridized carbons (Fsp3) is 1.00. The van der Waals surface area contributed by atoms with Crippen molar-refractivity contribution in [1.29, 1.82) is 0 Å². The molecule has 2 fully saturated rings. The summed E-state index contributed by atoms with van der Waals surface area (Å²) in [5.74, 6) is 8.33. The molecule has 76 valence electrons. The highest BCUT2D eigenvalue weighted by Crippen LogP contribution is 2.46. The van der Waals surface area contributed by atoms with Crippen LogP contribution in [0.4, 0.5) is 0 Å². The van der Waals surface area contributed by atoms with E-state index in [1.54, 1.807) is 0 Å². The van der Waals surface area contributed by atoms with Crippen LogP contribution in [-0.2, 0) is 0 Å². The van der Waals surface area contributed by atoms with Crippen molar-refractivity contribution in [1.82, 2.24) is 0 Å². The van der Waals surface area contributed by atoms with Crippen LogP contribution < -0.4 is 0 Å². The second-order valence-corrected chi connectivity index (χ2v) is 8.85. The Morgan fingerprint density at radius 3 is 1.77 bits per heavy atom. The molecular weight excluding hydrogens is 236 g/mol. The molecule has 0 saturated carbocycles. The Balaban J connectivity index is 1.97. The molecule has 2 aliphatic rings. The first-order valence-electron chi connectivity index (χ1n) is 4.85. The first-order valence-corrected chi connectivity index (χ1v) is 9.13. The van der Waals surface area contributed by atoms with Crippen LogP contribution in [0.5, 0.6) is 0 Å². The van der Waals surface area contributed by atoms with Crippen molar-refractivity contribution in [2.45, 2.75) is 16.9 Å². The molecule has 2 aliphatic heterocycles. The topological polar surface area (TPSA) is 0 Å². The smallest absolute Gasteiger partial charge is 0.0790 e. The van der Waals surface area contributed by atoms with E-state index in [1.165, 1.54) is 47.4 Å². The first kappa shape index (κ1) is 10.9. The van der Waals surface area contributed by atoms with Crippen LogP contribution in [0.2, 0.25) is 0 Å². The Kier molecular flexibility index (Phi) is 4.59. The molecule has 1 spiro atoms. The SMILES string of the molecule is C1CSCC2(CSCCCS2)SC1. The fourth-order valence-corrected chi connectivity index (χ4v) is 8.34. The molecular formula is C9H16S4. The summed E-state index contributed by atoms with van der Waals surface area (Å²) in [4.78, 5) is 0. The molecule has 0 atom stereocenters. The van der Waals surface area contributed by atoms with E-state index in [9.17, 15) is 0 Å². The van der Waals surface area contributed by atoms with Crippen molar-refractivity contribution in [3.8, 4) is 0 Å². The van der Waals surface area contributed by atoms with Gasteiger partial charge in [-0.2, -0.15) is 23.5 Å². The van der Waals surface area contributed by atoms with E-state index in [1.807, 2.05) is 0 Å². The lowest BCUT2D eigenvalue weighted by molar-refractivity contribution is 1.06. The number of hydrogen-bond acceptors (Lipinski definition) is 4. The molecule has 0 aromatic carbocycles. The molecule has 2 saturated heterocycles. The van der Waals surface area contributed by atoms with Gasteiger partial charge < -0.3 is 0 Å². The molecule has 13 heavy (non-hydrogen) atoms. The van der Waals surface area contributed by atoms with Crippen LogP contribution in [0.1, 0.15) is 12.8 Å². The Labute approximate surface area is 98.1 Å². The Morgan fingerprint density at radius 2 is 1.23 bits per heavy atom. The van der Waals surface area contributed by atoms with Crippen LogP contribution in [0.25, 0.3) is 0 Å². The molecule has 2 rings (SSSR count). The lowest BCUT2D eigenvalue weighted by atomic mass is 10.5. The summed E-state index contributed by atoms with van der Waals surface area (Å²) in [6.45, 7) is 0. The van der Waals surface area contributed by atoms with E-state index in [0.717, 1.165) is 0 Å². The third kappa shape index (κ3) is 3.18. The highest BCUT2D eigenvalue weighted by molar-refractivity contribution is 8.20. The largest absolute Gasteiger partial charge is 0.160 e. The third-order valence-corrected chi connectivity index (χ3v) is 8.84. The van der Waals surface area contributed by atoms with Gasteiger partial charge in [-0.05, 0) is 35.9 Å². The summed E-state index contributed by atoms with van der Waals surface area (Å²) in [5.41, 5.74) is 0. The molecule has 0 aromatic rings. The van der Waals surface area contributed by atoms with Gasteiger partial charge in [-0.3, -0.25) is 0 Å². The quantitative estimate of drug-likeness (QED) is 0.647. The highest BCUT2D eigenvalue weighted by atomic mass is 32.2. The summed E-state index contributed by atoms with van der Waals surface area (Å²) in [6.07, 6.45) is 2.84. The molecule has 0 amide bonds. The van der Waals surface area contributed by atoms with Gasteiger partial charge in [-0.1, -0.05) is 0 Å². The Morgan fingerprint density at radius 1 is 0.692 bits per heavy atom. The molecule has 0 aliphatic carbocycles. The fourth-order valence-electron chi connectivity index (χ4n) is 1.54. The summed E-state index contributed by atoms with van der Waals surface area (Å²) >= 11 is 8.83. The van der Waals surface area contributed by atoms with Crippen LogP contribution in [0.3, 0.4) is 0 Å². The van der Waals surface area contributed by atoms with Crippen molar-refractivity contribution in [3.63, 3.8) is 0 Å². The second kappa shape index (κ2) is 5.47. The Hall–Kier alpha value is 1.40. The lowest BCUT2D eigenvalue weighted by Gasteiger charge is -2.28. The van der Waals surface area contributed by atoms with E-state index >= 15 is 0 Å². The minimum absolute atomic E-state index is 0.586. The molecule has 0 radical (unpaired) electrons. The minimum Gasteiger partial charge on any atom is -0.160 e. The van der Waals surface area contributed by atoms with Gasteiger partial charge in [0, 0.05) is 11.5 Å². The van der Waals surface area contributed by atoms with Gasteiger partial charge in [-0.15, -0.1) is 23.5 Å². The van der Waals surface area contributed by atoms with Gasteiger partial charge in [0.25, 0.3) is 0 Å². The van der Waals surface area contributed by atoms with Crippen LogP contribution >= 0.6 is 47.0 Å². The zero-order chi connectivity index (χ0) is 8.99. The maximum absolute atomic E-state index is 2.24. The molecule has 0 unspecified atom stereocenters. The van der Waals surface area contributed by atoms with Crippen molar-refractivity contribution in [2.75, 3.05) is 34.5 Å². The molecule has 0 aromatic heterocycles. The van der Waals surface area contributed by atoms with Gasteiger partial charge in [0.1, 0.15) is 0 Å². The molecule has 4 heteroatoms. The summed E-state index contributed by atoms with van der Waals surface area (Å²) < 4.78 is 0.586. The van der Waals surface area contributed by atoms with Crippen molar-refractivity contribution >= 4 is 47.0 Å². The van der Waals surface area contributed by atoms with E-state index < -0.39 is 0 Å². The van der Waals surface area contributed by atoms with E-state index in [-0.39, 0.29) is 0 Å². The van der Waals surface area contributed by atoms with Crippen LogP contribution in [0.15, 0.2) is 0 Å². The standard InChI is InChI=1S/C9H16S4/c1-3-10-7-9(12-5-1)8-11-4-2-6-13-9/h1-8H2. The minimum atomic E-state index is 0.586. The predicted octanol–water partition coefficient (Wildman–Crippen LogP) is 3.42. The van der Waals surface area contributed by atoms with E-state index in [2.05, 4.69) is 47.0 Å². The number of hydrogen-bond donors (Lipinski definition) is 0. The summed E-state index contributed by atoms with van der Waals surface area (Å²) in [7, 11) is 0. The van der Waals surface area contributed by atoms with Crippen molar-refractivity contribution in [2.24, 2.45) is 0 Å². The normalized spacial score (nSPS) is 29.5. The number of rotatable bonds is 0. The number of thioether (sulfide) groups is 4. The van der Waals surface area contributed by atoms with Crippen molar-refractivity contribution in [3.05, 3.63) is 0 Å². The van der Waals surface area contributed by atoms with Crippen molar-refractivity contribution < 1.29 is 0 Å². The zero-order valence-corrected chi connectivity index (χ0v) is 11.1. The Bertz CT molecular complexity index is 122. The van der Waals surface area contributed by atoms with Gasteiger partial charge >= 0.3 is 0 Å². The highest BCUT2D eigenvalue weighted by Gasteiger charge is 2.33. The van der Waals surface area contributed by atoms with Crippen LogP contribution in [0, 0.1) is 0 Å². The molecule has 0 bridgehead atoms. The maximum Gasteiger partial charge on any atom is 0.0790 e. The first-order chi connectivity index (χ1) is 6.41. The predicted molar refractivity (Wildman–Crippen MR) is 71.5 cm³/mol. The van der Waals surface area contributed by atoms with E-state index in [0.29, 0.717) is 4.08 Å². The monoisotopic (exact) mass is 252 g/mol. The summed E-state index contributed by atoms with van der Waals surface area (Å²) in [6, 6.07) is 0. The van der Waals surface area contributed by atoms with E-state index in [4.69, 9.17) is 0 Å². The van der Waals surface area contributed by atoms with Gasteiger partial charge in [0.15, 0.2) is 0 Å². The average Bonchev–Trinajstić information content (AvgIpc) is 2.50. The van der Waals surface area contributed by atoms with Crippen LogP contribution in [-0.4, -0.2) is 38.6 Å². The third-order valence-electron chi connectivity index (χ3n) is 2.24. The van der Waals surface area contributed by atoms with Gasteiger partial charge in [0.2, 0.25) is 0 Å². The maximum atomic E-state index is 2.24. The second-order valence-electron chi connectivity index (χ2n) is 3.42. The molecule has 0 N–H and O–H groups in total. The van der Waals surface area contributed by atoms with Gasteiger partial charge in [-0.25, -0.2) is 0 Å². The average molecular weight is 252 g/mol.